The maximum atomic E-state index is 12.1. The summed E-state index contributed by atoms with van der Waals surface area (Å²) in [7, 11) is 1.57. The zero-order valence-electron chi connectivity index (χ0n) is 11.3. The molecule has 0 spiro atoms. The molecule has 0 saturated heterocycles. The Morgan fingerprint density at radius 2 is 1.67 bits per heavy atom. The van der Waals surface area contributed by atoms with E-state index in [0.29, 0.717) is 33.9 Å². The van der Waals surface area contributed by atoms with Crippen LogP contribution in [-0.2, 0) is 0 Å². The van der Waals surface area contributed by atoms with Gasteiger partial charge in [0.15, 0.2) is 6.29 Å². The SMILES string of the molecule is COc1ccc(-c2oc(=O)c3ccccc3c2C=O)cc1. The van der Waals surface area contributed by atoms with Gasteiger partial charge in [0.2, 0.25) is 0 Å². The van der Waals surface area contributed by atoms with Crippen molar-refractivity contribution < 1.29 is 13.9 Å². The van der Waals surface area contributed by atoms with Crippen LogP contribution in [0.5, 0.6) is 5.75 Å². The van der Waals surface area contributed by atoms with Crippen molar-refractivity contribution in [3.05, 3.63) is 64.5 Å². The molecular formula is C17H12O4. The minimum absolute atomic E-state index is 0.274. The minimum Gasteiger partial charge on any atom is -0.497 e. The Balaban J connectivity index is 2.31. The third-order valence-corrected chi connectivity index (χ3v) is 3.35. The average molecular weight is 280 g/mol. The van der Waals surface area contributed by atoms with Crippen molar-refractivity contribution in [3.63, 3.8) is 0 Å². The van der Waals surface area contributed by atoms with Crippen LogP contribution in [0, 0.1) is 0 Å². The number of benzene rings is 2. The average Bonchev–Trinajstić information content (AvgIpc) is 2.55. The fraction of sp³-hybridized carbons (Fsp3) is 0.0588. The van der Waals surface area contributed by atoms with E-state index in [1.54, 1.807) is 55.6 Å². The lowest BCUT2D eigenvalue weighted by atomic mass is 10.0. The summed E-state index contributed by atoms with van der Waals surface area (Å²) in [4.78, 5) is 23.5. The number of hydrogen-bond donors (Lipinski definition) is 0. The number of carbonyl (C=O) groups excluding carboxylic acids is 1. The highest BCUT2D eigenvalue weighted by Crippen LogP contribution is 2.28. The van der Waals surface area contributed by atoms with E-state index in [0.717, 1.165) is 0 Å². The fourth-order valence-electron chi connectivity index (χ4n) is 2.29. The lowest BCUT2D eigenvalue weighted by molar-refractivity contribution is 0.112. The first-order valence-corrected chi connectivity index (χ1v) is 6.40. The molecule has 0 N–H and O–H groups in total. The normalized spacial score (nSPS) is 10.5. The van der Waals surface area contributed by atoms with Crippen molar-refractivity contribution in [3.8, 4) is 17.1 Å². The zero-order chi connectivity index (χ0) is 14.8. The molecule has 0 aliphatic rings. The predicted octanol–water partition coefficient (Wildman–Crippen LogP) is 3.28. The van der Waals surface area contributed by atoms with Gasteiger partial charge in [-0.25, -0.2) is 4.79 Å². The molecule has 4 heteroatoms. The molecular weight excluding hydrogens is 268 g/mol. The van der Waals surface area contributed by atoms with Gasteiger partial charge in [0.05, 0.1) is 18.1 Å². The summed E-state index contributed by atoms with van der Waals surface area (Å²) >= 11 is 0. The number of hydrogen-bond acceptors (Lipinski definition) is 4. The van der Waals surface area contributed by atoms with Crippen molar-refractivity contribution >= 4 is 17.1 Å². The van der Waals surface area contributed by atoms with E-state index < -0.39 is 5.63 Å². The Morgan fingerprint density at radius 1 is 1.00 bits per heavy atom. The van der Waals surface area contributed by atoms with Crippen LogP contribution in [0.3, 0.4) is 0 Å². The number of ether oxygens (including phenoxy) is 1. The van der Waals surface area contributed by atoms with Gasteiger partial charge in [0, 0.05) is 10.9 Å². The first-order valence-electron chi connectivity index (χ1n) is 6.40. The summed E-state index contributed by atoms with van der Waals surface area (Å²) in [6.07, 6.45) is 0.713. The molecule has 1 heterocycles. The lowest BCUT2D eigenvalue weighted by Gasteiger charge is -2.07. The van der Waals surface area contributed by atoms with Crippen molar-refractivity contribution in [2.24, 2.45) is 0 Å². The van der Waals surface area contributed by atoms with Gasteiger partial charge in [-0.2, -0.15) is 0 Å². The molecule has 4 nitrogen and oxygen atoms in total. The highest BCUT2D eigenvalue weighted by atomic mass is 16.5. The molecule has 0 aliphatic heterocycles. The second-order valence-electron chi connectivity index (χ2n) is 4.52. The van der Waals surface area contributed by atoms with Crippen LogP contribution >= 0.6 is 0 Å². The van der Waals surface area contributed by atoms with Gasteiger partial charge in [-0.05, 0) is 30.3 Å². The van der Waals surface area contributed by atoms with E-state index in [1.807, 2.05) is 0 Å². The third-order valence-electron chi connectivity index (χ3n) is 3.35. The Hall–Kier alpha value is -2.88. The minimum atomic E-state index is -0.456. The number of carbonyl (C=O) groups is 1. The van der Waals surface area contributed by atoms with Gasteiger partial charge in [0.1, 0.15) is 11.5 Å². The van der Waals surface area contributed by atoms with E-state index in [-0.39, 0.29) is 5.76 Å². The van der Waals surface area contributed by atoms with E-state index in [2.05, 4.69) is 0 Å². The van der Waals surface area contributed by atoms with E-state index in [4.69, 9.17) is 9.15 Å². The summed E-state index contributed by atoms with van der Waals surface area (Å²) in [5, 5.41) is 0.992. The van der Waals surface area contributed by atoms with Crippen molar-refractivity contribution in [1.82, 2.24) is 0 Å². The van der Waals surface area contributed by atoms with Gasteiger partial charge in [-0.3, -0.25) is 4.79 Å². The van der Waals surface area contributed by atoms with Crippen molar-refractivity contribution in [2.45, 2.75) is 0 Å². The third kappa shape index (κ3) is 2.21. The molecule has 1 aromatic heterocycles. The van der Waals surface area contributed by atoms with Gasteiger partial charge in [-0.15, -0.1) is 0 Å². The first-order chi connectivity index (χ1) is 10.2. The molecule has 0 aliphatic carbocycles. The highest BCUT2D eigenvalue weighted by molar-refractivity contribution is 6.02. The van der Waals surface area contributed by atoms with Gasteiger partial charge in [-0.1, -0.05) is 18.2 Å². The standard InChI is InChI=1S/C17H12O4/c1-20-12-8-6-11(7-9-12)16-15(10-18)13-4-2-3-5-14(13)17(19)21-16/h2-10H,1H3. The van der Waals surface area contributed by atoms with Crippen LogP contribution in [0.1, 0.15) is 10.4 Å². The van der Waals surface area contributed by atoms with Crippen LogP contribution in [0.25, 0.3) is 22.1 Å². The lowest BCUT2D eigenvalue weighted by Crippen LogP contribution is -2.04. The summed E-state index contributed by atoms with van der Waals surface area (Å²) in [5.41, 5.74) is 0.568. The topological polar surface area (TPSA) is 56.5 Å². The van der Waals surface area contributed by atoms with Crippen LogP contribution in [0.4, 0.5) is 0 Å². The zero-order valence-corrected chi connectivity index (χ0v) is 11.3. The number of rotatable bonds is 3. The molecule has 0 unspecified atom stereocenters. The van der Waals surface area contributed by atoms with Crippen LogP contribution in [-0.4, -0.2) is 13.4 Å². The van der Waals surface area contributed by atoms with Crippen LogP contribution in [0.2, 0.25) is 0 Å². The van der Waals surface area contributed by atoms with Gasteiger partial charge in [0.25, 0.3) is 0 Å². The maximum absolute atomic E-state index is 12.1. The Labute approximate surface area is 120 Å². The molecule has 21 heavy (non-hydrogen) atoms. The second kappa shape index (κ2) is 5.25. The van der Waals surface area contributed by atoms with Gasteiger partial charge >= 0.3 is 5.63 Å². The van der Waals surface area contributed by atoms with Gasteiger partial charge < -0.3 is 9.15 Å². The van der Waals surface area contributed by atoms with E-state index in [9.17, 15) is 9.59 Å². The second-order valence-corrected chi connectivity index (χ2v) is 4.52. The molecule has 0 fully saturated rings. The summed E-state index contributed by atoms with van der Waals surface area (Å²) < 4.78 is 10.4. The Bertz CT molecular complexity index is 860. The van der Waals surface area contributed by atoms with Crippen LogP contribution in [0.15, 0.2) is 57.7 Å². The molecule has 0 amide bonds. The van der Waals surface area contributed by atoms with Crippen molar-refractivity contribution in [1.29, 1.82) is 0 Å². The Kier molecular flexibility index (Phi) is 3.28. The molecule has 3 rings (SSSR count). The summed E-state index contributed by atoms with van der Waals surface area (Å²) in [6, 6.07) is 13.9. The number of methoxy groups -OCH3 is 1. The highest BCUT2D eigenvalue weighted by Gasteiger charge is 2.14. The van der Waals surface area contributed by atoms with Crippen LogP contribution < -0.4 is 10.4 Å². The molecule has 3 aromatic rings. The number of fused-ring (bicyclic) bond motifs is 1. The van der Waals surface area contributed by atoms with E-state index >= 15 is 0 Å². The van der Waals surface area contributed by atoms with Crippen molar-refractivity contribution in [2.75, 3.05) is 7.11 Å². The first kappa shape index (κ1) is 13.1. The predicted molar refractivity (Wildman–Crippen MR) is 79.9 cm³/mol. The molecule has 0 saturated carbocycles. The monoisotopic (exact) mass is 280 g/mol. The number of aldehydes is 1. The smallest absolute Gasteiger partial charge is 0.344 e. The maximum Gasteiger partial charge on any atom is 0.344 e. The largest absolute Gasteiger partial charge is 0.497 e. The molecule has 104 valence electrons. The molecule has 0 atom stereocenters. The van der Waals surface area contributed by atoms with E-state index in [1.165, 1.54) is 0 Å². The summed E-state index contributed by atoms with van der Waals surface area (Å²) in [6.45, 7) is 0. The molecule has 0 radical (unpaired) electrons. The molecule has 2 aromatic carbocycles. The Morgan fingerprint density at radius 3 is 2.29 bits per heavy atom. The quantitative estimate of drug-likeness (QED) is 0.691. The summed E-state index contributed by atoms with van der Waals surface area (Å²) in [5.74, 6) is 0.964. The molecule has 0 bridgehead atoms. The fourth-order valence-corrected chi connectivity index (χ4v) is 2.29.